The summed E-state index contributed by atoms with van der Waals surface area (Å²) in [4.78, 5) is 0. The summed E-state index contributed by atoms with van der Waals surface area (Å²) >= 11 is 0. The Bertz CT molecular complexity index is 685. The van der Waals surface area contributed by atoms with Crippen LogP contribution in [0.1, 0.15) is 11.1 Å². The zero-order valence-corrected chi connectivity index (χ0v) is 10.9. The van der Waals surface area contributed by atoms with Gasteiger partial charge in [-0.15, -0.1) is 0 Å². The van der Waals surface area contributed by atoms with Gasteiger partial charge in [0.15, 0.2) is 0 Å². The van der Waals surface area contributed by atoms with Crippen LogP contribution in [0, 0.1) is 13.8 Å². The molecule has 4 heteroatoms. The molecular formula is C15H14N4. The zero-order valence-electron chi connectivity index (χ0n) is 10.9. The first-order chi connectivity index (χ1) is 9.25. The lowest BCUT2D eigenvalue weighted by atomic mass is 10.0. The van der Waals surface area contributed by atoms with Gasteiger partial charge >= 0.3 is 0 Å². The van der Waals surface area contributed by atoms with Crippen LogP contribution in [0.3, 0.4) is 0 Å². The second-order valence-electron chi connectivity index (χ2n) is 4.55. The van der Waals surface area contributed by atoms with Crippen LogP contribution in [0.2, 0.25) is 0 Å². The second-order valence-corrected chi connectivity index (χ2v) is 4.55. The Morgan fingerprint density at radius 1 is 0.947 bits per heavy atom. The van der Waals surface area contributed by atoms with Crippen molar-refractivity contribution in [3.8, 4) is 22.5 Å². The highest BCUT2D eigenvalue weighted by atomic mass is 15.1. The van der Waals surface area contributed by atoms with E-state index in [0.717, 1.165) is 28.1 Å². The quantitative estimate of drug-likeness (QED) is 0.760. The van der Waals surface area contributed by atoms with Gasteiger partial charge in [-0.3, -0.25) is 5.10 Å². The minimum absolute atomic E-state index is 0.941. The Labute approximate surface area is 111 Å². The molecule has 94 valence electrons. The first-order valence-corrected chi connectivity index (χ1v) is 6.15. The molecule has 0 fully saturated rings. The molecule has 0 radical (unpaired) electrons. The van der Waals surface area contributed by atoms with E-state index in [9.17, 15) is 0 Å². The van der Waals surface area contributed by atoms with Crippen LogP contribution in [0.15, 0.2) is 42.7 Å². The van der Waals surface area contributed by atoms with Crippen LogP contribution >= 0.6 is 0 Å². The molecule has 0 aliphatic heterocycles. The zero-order chi connectivity index (χ0) is 13.2. The summed E-state index contributed by atoms with van der Waals surface area (Å²) in [7, 11) is 0. The van der Waals surface area contributed by atoms with Crippen molar-refractivity contribution in [1.82, 2.24) is 20.4 Å². The average Bonchev–Trinajstić information content (AvgIpc) is 2.96. The van der Waals surface area contributed by atoms with E-state index in [1.54, 1.807) is 12.4 Å². The molecule has 3 rings (SSSR count). The van der Waals surface area contributed by atoms with E-state index in [1.165, 1.54) is 5.56 Å². The molecule has 0 spiro atoms. The van der Waals surface area contributed by atoms with Crippen LogP contribution < -0.4 is 0 Å². The van der Waals surface area contributed by atoms with E-state index in [2.05, 4.69) is 51.6 Å². The van der Waals surface area contributed by atoms with Crippen molar-refractivity contribution in [2.75, 3.05) is 0 Å². The largest absolute Gasteiger partial charge is 0.278 e. The number of H-pyrrole nitrogens is 1. The number of aromatic amines is 1. The Morgan fingerprint density at radius 3 is 2.37 bits per heavy atom. The summed E-state index contributed by atoms with van der Waals surface area (Å²) in [5.74, 6) is 0. The highest BCUT2D eigenvalue weighted by Crippen LogP contribution is 2.25. The number of benzene rings is 1. The van der Waals surface area contributed by atoms with Gasteiger partial charge in [0.1, 0.15) is 0 Å². The van der Waals surface area contributed by atoms with Crippen LogP contribution in [0.4, 0.5) is 0 Å². The molecule has 4 nitrogen and oxygen atoms in total. The highest BCUT2D eigenvalue weighted by molar-refractivity contribution is 5.68. The number of rotatable bonds is 2. The Balaban J connectivity index is 2.01. The Hall–Kier alpha value is -2.49. The summed E-state index contributed by atoms with van der Waals surface area (Å²) in [6.07, 6.45) is 3.54. The van der Waals surface area contributed by atoms with Crippen molar-refractivity contribution < 1.29 is 0 Å². The molecule has 0 aliphatic rings. The molecule has 0 unspecified atom stereocenters. The summed E-state index contributed by atoms with van der Waals surface area (Å²) in [5.41, 5.74) is 6.47. The third kappa shape index (κ3) is 2.12. The normalized spacial score (nSPS) is 10.6. The molecule has 2 aromatic heterocycles. The smallest absolute Gasteiger partial charge is 0.0961 e. The number of hydrogen-bond donors (Lipinski definition) is 1. The van der Waals surface area contributed by atoms with Crippen molar-refractivity contribution in [3.05, 3.63) is 53.9 Å². The number of nitrogens with zero attached hydrogens (tertiary/aromatic N) is 3. The van der Waals surface area contributed by atoms with Crippen molar-refractivity contribution in [3.63, 3.8) is 0 Å². The van der Waals surface area contributed by atoms with E-state index in [0.29, 0.717) is 0 Å². The fraction of sp³-hybridized carbons (Fsp3) is 0.133. The van der Waals surface area contributed by atoms with E-state index in [4.69, 9.17) is 0 Å². The average molecular weight is 250 g/mol. The van der Waals surface area contributed by atoms with Crippen LogP contribution in [0.25, 0.3) is 22.5 Å². The van der Waals surface area contributed by atoms with Gasteiger partial charge in [-0.2, -0.15) is 15.3 Å². The van der Waals surface area contributed by atoms with E-state index in [-0.39, 0.29) is 0 Å². The molecule has 19 heavy (non-hydrogen) atoms. The van der Waals surface area contributed by atoms with Gasteiger partial charge in [-0.25, -0.2) is 0 Å². The minimum Gasteiger partial charge on any atom is -0.278 e. The van der Waals surface area contributed by atoms with Crippen molar-refractivity contribution in [2.45, 2.75) is 13.8 Å². The van der Waals surface area contributed by atoms with Gasteiger partial charge in [-0.05, 0) is 36.6 Å². The second kappa shape index (κ2) is 4.65. The summed E-state index contributed by atoms with van der Waals surface area (Å²) < 4.78 is 0. The maximum Gasteiger partial charge on any atom is 0.0961 e. The van der Waals surface area contributed by atoms with Crippen LogP contribution in [0.5, 0.6) is 0 Å². The van der Waals surface area contributed by atoms with Gasteiger partial charge in [0.2, 0.25) is 0 Å². The molecule has 0 bridgehead atoms. The maximum atomic E-state index is 4.23. The molecule has 0 amide bonds. The van der Waals surface area contributed by atoms with Crippen LogP contribution in [-0.4, -0.2) is 20.4 Å². The van der Waals surface area contributed by atoms with E-state index >= 15 is 0 Å². The van der Waals surface area contributed by atoms with Gasteiger partial charge in [0.25, 0.3) is 0 Å². The number of nitrogens with one attached hydrogen (secondary N) is 1. The molecular weight excluding hydrogens is 236 g/mol. The standard InChI is InChI=1S/C15H14N4/c1-10-9-17-19-15(11(10)2)13-5-3-12(4-6-13)14-7-8-16-18-14/h3-9H,1-2H3,(H,16,18). The van der Waals surface area contributed by atoms with Gasteiger partial charge in [-0.1, -0.05) is 24.3 Å². The number of aryl methyl sites for hydroxylation is 1. The van der Waals surface area contributed by atoms with E-state index < -0.39 is 0 Å². The summed E-state index contributed by atoms with van der Waals surface area (Å²) in [6, 6.07) is 10.2. The first kappa shape index (κ1) is 11.6. The summed E-state index contributed by atoms with van der Waals surface area (Å²) in [6.45, 7) is 4.12. The summed E-state index contributed by atoms with van der Waals surface area (Å²) in [5, 5.41) is 15.2. The molecule has 1 aromatic carbocycles. The fourth-order valence-electron chi connectivity index (χ4n) is 2.03. The minimum atomic E-state index is 0.941. The van der Waals surface area contributed by atoms with Gasteiger partial charge < -0.3 is 0 Å². The molecule has 1 N–H and O–H groups in total. The lowest BCUT2D eigenvalue weighted by Crippen LogP contribution is -1.94. The third-order valence-electron chi connectivity index (χ3n) is 3.33. The van der Waals surface area contributed by atoms with E-state index in [1.807, 2.05) is 13.0 Å². The van der Waals surface area contributed by atoms with Crippen LogP contribution in [-0.2, 0) is 0 Å². The topological polar surface area (TPSA) is 54.5 Å². The lowest BCUT2D eigenvalue weighted by Gasteiger charge is -2.07. The molecule has 0 saturated heterocycles. The highest BCUT2D eigenvalue weighted by Gasteiger charge is 2.07. The molecule has 0 saturated carbocycles. The predicted molar refractivity (Wildman–Crippen MR) is 74.5 cm³/mol. The number of aromatic nitrogens is 4. The molecule has 0 aliphatic carbocycles. The molecule has 2 heterocycles. The third-order valence-corrected chi connectivity index (χ3v) is 3.33. The SMILES string of the molecule is Cc1cnnc(-c2ccc(-c3ccn[nH]3)cc2)c1C. The lowest BCUT2D eigenvalue weighted by molar-refractivity contribution is 1.00. The van der Waals surface area contributed by atoms with Crippen molar-refractivity contribution in [2.24, 2.45) is 0 Å². The maximum absolute atomic E-state index is 4.23. The van der Waals surface area contributed by atoms with Crippen molar-refractivity contribution >= 4 is 0 Å². The molecule has 0 atom stereocenters. The first-order valence-electron chi connectivity index (χ1n) is 6.15. The predicted octanol–water partition coefficient (Wildman–Crippen LogP) is 3.15. The molecule has 3 aromatic rings. The van der Waals surface area contributed by atoms with Gasteiger partial charge in [0, 0.05) is 11.8 Å². The number of hydrogen-bond acceptors (Lipinski definition) is 3. The monoisotopic (exact) mass is 250 g/mol. The Kier molecular flexibility index (Phi) is 2.83. The van der Waals surface area contributed by atoms with Crippen molar-refractivity contribution in [1.29, 1.82) is 0 Å². The Morgan fingerprint density at radius 2 is 1.68 bits per heavy atom. The fourth-order valence-corrected chi connectivity index (χ4v) is 2.03. The van der Waals surface area contributed by atoms with Gasteiger partial charge in [0.05, 0.1) is 17.6 Å².